The van der Waals surface area contributed by atoms with Gasteiger partial charge in [0.2, 0.25) is 0 Å². The molecular formula is C15H23ClN2O3S. The van der Waals surface area contributed by atoms with E-state index in [9.17, 15) is 13.2 Å². The van der Waals surface area contributed by atoms with Crippen LogP contribution in [0.15, 0.2) is 18.2 Å². The fourth-order valence-corrected chi connectivity index (χ4v) is 4.47. The molecule has 7 heteroatoms. The van der Waals surface area contributed by atoms with Crippen molar-refractivity contribution < 1.29 is 13.2 Å². The van der Waals surface area contributed by atoms with E-state index >= 15 is 0 Å². The maximum Gasteiger partial charge on any atom is 0.254 e. The number of nitrogens with zero attached hydrogens (tertiary/aromatic N) is 1. The second kappa shape index (κ2) is 7.33. The Morgan fingerprint density at radius 2 is 2.09 bits per heavy atom. The lowest BCUT2D eigenvalue weighted by molar-refractivity contribution is 0.0696. The monoisotopic (exact) mass is 346 g/mol. The number of hydrogen-bond acceptors (Lipinski definition) is 4. The van der Waals surface area contributed by atoms with Crippen LogP contribution in [-0.2, 0) is 9.84 Å². The Kier molecular flexibility index (Phi) is 6.26. The normalized spacial score (nSPS) is 19.5. The molecule has 1 aliphatic rings. The number of aryl methyl sites for hydroxylation is 1. The van der Waals surface area contributed by atoms with E-state index in [0.29, 0.717) is 24.2 Å². The number of amides is 1. The van der Waals surface area contributed by atoms with E-state index in [4.69, 9.17) is 5.73 Å². The topological polar surface area (TPSA) is 80.5 Å². The molecule has 0 aliphatic carbocycles. The highest BCUT2D eigenvalue weighted by Crippen LogP contribution is 2.22. The van der Waals surface area contributed by atoms with Crippen molar-refractivity contribution in [2.45, 2.75) is 32.7 Å². The fraction of sp³-hybridized carbons (Fsp3) is 0.533. The highest BCUT2D eigenvalue weighted by atomic mass is 35.5. The second-order valence-corrected chi connectivity index (χ2v) is 7.86. The summed E-state index contributed by atoms with van der Waals surface area (Å²) in [6.07, 6.45) is 1.32. The van der Waals surface area contributed by atoms with Crippen LogP contribution in [0.25, 0.3) is 0 Å². The summed E-state index contributed by atoms with van der Waals surface area (Å²) in [5.74, 6) is 0.116. The van der Waals surface area contributed by atoms with Gasteiger partial charge in [0.05, 0.1) is 11.5 Å². The smallest absolute Gasteiger partial charge is 0.254 e. The molecule has 1 atom stereocenters. The molecule has 1 aromatic carbocycles. The van der Waals surface area contributed by atoms with E-state index in [1.165, 1.54) is 0 Å². The summed E-state index contributed by atoms with van der Waals surface area (Å²) in [4.78, 5) is 14.5. The molecule has 1 heterocycles. The maximum atomic E-state index is 12.8. The predicted octanol–water partition coefficient (Wildman–Crippen LogP) is 2.04. The Balaban J connectivity index is 0.00000242. The van der Waals surface area contributed by atoms with Gasteiger partial charge in [-0.1, -0.05) is 13.0 Å². The van der Waals surface area contributed by atoms with Gasteiger partial charge in [0, 0.05) is 23.8 Å². The summed E-state index contributed by atoms with van der Waals surface area (Å²) in [5.41, 5.74) is 7.73. The number of hydrogen-bond donors (Lipinski definition) is 1. The standard InChI is InChI=1S/C15H22N2O3S.ClH/c1-3-7-17(13-6-8-21(19,20)10-13)15(18)14-9-12(16)5-4-11(14)2;/h4-5,9,13H,3,6-8,10,16H2,1-2H3;1H. The molecule has 0 aromatic heterocycles. The minimum Gasteiger partial charge on any atom is -0.399 e. The zero-order valence-corrected chi connectivity index (χ0v) is 14.5. The van der Waals surface area contributed by atoms with Gasteiger partial charge in [-0.05, 0) is 37.5 Å². The van der Waals surface area contributed by atoms with Gasteiger partial charge in [0.1, 0.15) is 0 Å². The first kappa shape index (κ1) is 18.8. The first-order chi connectivity index (χ1) is 9.84. The van der Waals surface area contributed by atoms with Crippen LogP contribution in [0, 0.1) is 6.92 Å². The molecule has 0 radical (unpaired) electrons. The number of halogens is 1. The van der Waals surface area contributed by atoms with Crippen molar-refractivity contribution in [1.82, 2.24) is 4.90 Å². The molecule has 0 spiro atoms. The van der Waals surface area contributed by atoms with Crippen molar-refractivity contribution in [1.29, 1.82) is 0 Å². The van der Waals surface area contributed by atoms with Gasteiger partial charge in [-0.15, -0.1) is 12.4 Å². The third kappa shape index (κ3) is 4.14. The van der Waals surface area contributed by atoms with Crippen molar-refractivity contribution in [2.24, 2.45) is 0 Å². The lowest BCUT2D eigenvalue weighted by Crippen LogP contribution is -2.41. The largest absolute Gasteiger partial charge is 0.399 e. The van der Waals surface area contributed by atoms with Crippen LogP contribution in [0.3, 0.4) is 0 Å². The average molecular weight is 347 g/mol. The molecule has 5 nitrogen and oxygen atoms in total. The number of carbonyl (C=O) groups is 1. The van der Waals surface area contributed by atoms with Crippen LogP contribution in [0.1, 0.15) is 35.7 Å². The molecule has 1 unspecified atom stereocenters. The molecule has 124 valence electrons. The molecular weight excluding hydrogens is 324 g/mol. The van der Waals surface area contributed by atoms with Gasteiger partial charge in [-0.2, -0.15) is 0 Å². The van der Waals surface area contributed by atoms with Gasteiger partial charge >= 0.3 is 0 Å². The number of anilines is 1. The molecule has 2 N–H and O–H groups in total. The minimum absolute atomic E-state index is 0. The molecule has 2 rings (SSSR count). The van der Waals surface area contributed by atoms with Crippen molar-refractivity contribution >= 4 is 33.8 Å². The van der Waals surface area contributed by atoms with Gasteiger partial charge in [0.15, 0.2) is 9.84 Å². The maximum absolute atomic E-state index is 12.8. The third-order valence-electron chi connectivity index (χ3n) is 3.87. The van der Waals surface area contributed by atoms with Crippen molar-refractivity contribution in [3.63, 3.8) is 0 Å². The Bertz CT molecular complexity index is 646. The SMILES string of the molecule is CCCN(C(=O)c1cc(N)ccc1C)C1CCS(=O)(=O)C1.Cl. The minimum atomic E-state index is -3.01. The van der Waals surface area contributed by atoms with Gasteiger partial charge in [0.25, 0.3) is 5.91 Å². The number of benzene rings is 1. The van der Waals surface area contributed by atoms with E-state index in [1.54, 1.807) is 17.0 Å². The van der Waals surface area contributed by atoms with E-state index in [1.807, 2.05) is 19.9 Å². The summed E-state index contributed by atoms with van der Waals surface area (Å²) in [6, 6.07) is 5.03. The van der Waals surface area contributed by atoms with Crippen LogP contribution in [0.5, 0.6) is 0 Å². The molecule has 1 aromatic rings. The Morgan fingerprint density at radius 1 is 1.41 bits per heavy atom. The van der Waals surface area contributed by atoms with Crippen molar-refractivity contribution in [2.75, 3.05) is 23.8 Å². The summed E-state index contributed by atoms with van der Waals surface area (Å²) >= 11 is 0. The predicted molar refractivity (Wildman–Crippen MR) is 91.2 cm³/mol. The van der Waals surface area contributed by atoms with Crippen LogP contribution >= 0.6 is 12.4 Å². The molecule has 1 fully saturated rings. The number of carbonyl (C=O) groups excluding carboxylic acids is 1. The lowest BCUT2D eigenvalue weighted by Gasteiger charge is -2.28. The zero-order chi connectivity index (χ0) is 15.6. The fourth-order valence-electron chi connectivity index (χ4n) is 2.74. The summed E-state index contributed by atoms with van der Waals surface area (Å²) < 4.78 is 23.3. The Hall–Kier alpha value is -1.27. The molecule has 1 amide bonds. The molecule has 0 saturated carbocycles. The summed E-state index contributed by atoms with van der Waals surface area (Å²) in [5, 5.41) is 0. The first-order valence-corrected chi connectivity index (χ1v) is 9.03. The highest BCUT2D eigenvalue weighted by Gasteiger charge is 2.34. The number of nitrogen functional groups attached to an aromatic ring is 1. The summed E-state index contributed by atoms with van der Waals surface area (Å²) in [7, 11) is -3.01. The van der Waals surface area contributed by atoms with E-state index in [-0.39, 0.29) is 35.9 Å². The number of nitrogens with two attached hydrogens (primary N) is 1. The van der Waals surface area contributed by atoms with Crippen LogP contribution in [0.4, 0.5) is 5.69 Å². The van der Waals surface area contributed by atoms with Crippen LogP contribution < -0.4 is 5.73 Å². The zero-order valence-electron chi connectivity index (χ0n) is 12.9. The van der Waals surface area contributed by atoms with E-state index < -0.39 is 9.84 Å². The van der Waals surface area contributed by atoms with Gasteiger partial charge in [-0.3, -0.25) is 4.79 Å². The molecule has 0 bridgehead atoms. The summed E-state index contributed by atoms with van der Waals surface area (Å²) in [6.45, 7) is 4.41. The third-order valence-corrected chi connectivity index (χ3v) is 5.62. The first-order valence-electron chi connectivity index (χ1n) is 7.21. The number of rotatable bonds is 4. The van der Waals surface area contributed by atoms with Gasteiger partial charge < -0.3 is 10.6 Å². The second-order valence-electron chi connectivity index (χ2n) is 5.63. The van der Waals surface area contributed by atoms with Crippen molar-refractivity contribution in [3.8, 4) is 0 Å². The van der Waals surface area contributed by atoms with Crippen LogP contribution in [-0.4, -0.2) is 43.3 Å². The lowest BCUT2D eigenvalue weighted by atomic mass is 10.0. The van der Waals surface area contributed by atoms with Gasteiger partial charge in [-0.25, -0.2) is 8.42 Å². The van der Waals surface area contributed by atoms with Crippen molar-refractivity contribution in [3.05, 3.63) is 29.3 Å². The highest BCUT2D eigenvalue weighted by molar-refractivity contribution is 7.91. The molecule has 22 heavy (non-hydrogen) atoms. The van der Waals surface area contributed by atoms with Crippen LogP contribution in [0.2, 0.25) is 0 Å². The Morgan fingerprint density at radius 3 is 2.64 bits per heavy atom. The quantitative estimate of drug-likeness (QED) is 0.846. The Labute approximate surface area is 138 Å². The average Bonchev–Trinajstić information content (AvgIpc) is 2.78. The van der Waals surface area contributed by atoms with E-state index in [0.717, 1.165) is 12.0 Å². The molecule has 1 saturated heterocycles. The van der Waals surface area contributed by atoms with E-state index in [2.05, 4.69) is 0 Å². The molecule has 1 aliphatic heterocycles. The number of sulfone groups is 1.